The number of alkyl halides is 3. The minimum absolute atomic E-state index is 0.171. The number of piperidine rings is 1. The quantitative estimate of drug-likeness (QED) is 0.748. The molecule has 1 aromatic heterocycles. The summed E-state index contributed by atoms with van der Waals surface area (Å²) in [5.41, 5.74) is 1.76. The van der Waals surface area contributed by atoms with Crippen LogP contribution in [0.3, 0.4) is 0 Å². The third-order valence-electron chi connectivity index (χ3n) is 4.82. The van der Waals surface area contributed by atoms with Crippen molar-refractivity contribution >= 4 is 24.2 Å². The first-order valence-corrected chi connectivity index (χ1v) is 9.32. The van der Waals surface area contributed by atoms with Crippen LogP contribution in [-0.2, 0) is 22.8 Å². The maximum Gasteiger partial charge on any atom is 0.437 e. The average Bonchev–Trinajstić information content (AvgIpc) is 3.32. The Morgan fingerprint density at radius 1 is 1.23 bits per heavy atom. The summed E-state index contributed by atoms with van der Waals surface area (Å²) in [5.74, 6) is 0.524. The highest BCUT2D eigenvalue weighted by molar-refractivity contribution is 6.06. The lowest BCUT2D eigenvalue weighted by Crippen LogP contribution is -2.37. The highest BCUT2D eigenvalue weighted by atomic mass is 19.4. The van der Waals surface area contributed by atoms with Crippen LogP contribution >= 0.6 is 0 Å². The molecule has 1 aromatic rings. The summed E-state index contributed by atoms with van der Waals surface area (Å²) in [4.78, 5) is 27.4. The van der Waals surface area contributed by atoms with Gasteiger partial charge in [0.15, 0.2) is 11.5 Å². The van der Waals surface area contributed by atoms with Crippen molar-refractivity contribution < 1.29 is 22.8 Å². The summed E-state index contributed by atoms with van der Waals surface area (Å²) in [5, 5.41) is 7.35. The highest BCUT2D eigenvalue weighted by Crippen LogP contribution is 2.34. The van der Waals surface area contributed by atoms with Crippen LogP contribution in [-0.4, -0.2) is 57.9 Å². The number of rotatable bonds is 2. The molecule has 3 aliphatic heterocycles. The normalized spacial score (nSPS) is 18.6. The van der Waals surface area contributed by atoms with Gasteiger partial charge in [-0.3, -0.25) is 14.5 Å². The zero-order valence-electron chi connectivity index (χ0n) is 16.4. The van der Waals surface area contributed by atoms with E-state index in [2.05, 4.69) is 25.7 Å². The van der Waals surface area contributed by atoms with E-state index in [0.717, 1.165) is 42.6 Å². The van der Waals surface area contributed by atoms with Crippen LogP contribution in [0.15, 0.2) is 34.9 Å². The second-order valence-electron chi connectivity index (χ2n) is 6.86. The van der Waals surface area contributed by atoms with Gasteiger partial charge < -0.3 is 15.0 Å². The van der Waals surface area contributed by atoms with Crippen LogP contribution in [0.1, 0.15) is 25.0 Å². The summed E-state index contributed by atoms with van der Waals surface area (Å²) in [6.07, 6.45) is 3.47. The Kier molecular flexibility index (Phi) is 6.25. The van der Waals surface area contributed by atoms with Crippen molar-refractivity contribution in [2.24, 2.45) is 12.0 Å². The molecule has 4 rings (SSSR count). The van der Waals surface area contributed by atoms with Crippen molar-refractivity contribution in [2.45, 2.75) is 25.4 Å². The number of hydrogen-bond acceptors (Lipinski definition) is 7. The molecule has 3 aliphatic rings. The fraction of sp³-hybridized carbons (Fsp3) is 0.444. The minimum atomic E-state index is -4.66. The zero-order valence-corrected chi connectivity index (χ0v) is 16.4. The molecule has 1 amide bonds. The number of aromatic nitrogens is 2. The fourth-order valence-electron chi connectivity index (χ4n) is 3.46. The number of aryl methyl sites for hydroxylation is 1. The number of anilines is 1. The molecule has 0 aliphatic carbocycles. The Bertz CT molecular complexity index is 898. The Morgan fingerprint density at radius 3 is 2.60 bits per heavy atom. The maximum atomic E-state index is 13.1. The van der Waals surface area contributed by atoms with E-state index in [9.17, 15) is 18.0 Å². The van der Waals surface area contributed by atoms with Crippen molar-refractivity contribution in [3.63, 3.8) is 0 Å². The second-order valence-corrected chi connectivity index (χ2v) is 6.86. The van der Waals surface area contributed by atoms with E-state index in [1.807, 2.05) is 12.9 Å². The number of aliphatic imine (C=N–C) groups is 1. The number of nitrogens with one attached hydrogen (secondary N) is 2. The topological polar surface area (TPSA) is 94.9 Å². The van der Waals surface area contributed by atoms with Crippen LogP contribution in [0.25, 0.3) is 0 Å². The number of amidine groups is 1. The third kappa shape index (κ3) is 4.37. The number of hydrogen-bond donors (Lipinski definition) is 2. The molecule has 12 heteroatoms. The first kappa shape index (κ1) is 21.6. The summed E-state index contributed by atoms with van der Waals surface area (Å²) in [6.45, 7) is 3.97. The first-order chi connectivity index (χ1) is 14.3. The molecule has 2 N–H and O–H groups in total. The standard InChI is InChI=1S/C17H20F3N7O.CH2O/c1-25-10-12(14(24-25)17(18,19)20)22-16(28)11-9-21-27-8-5-13(23-15(11)27)26-6-3-2-4-7-26;1-2/h5,8,10,21H,2-4,6-7,9H2,1H3,(H,22,28);1H2. The number of hydrazine groups is 1. The van der Waals surface area contributed by atoms with Gasteiger partial charge in [-0.15, -0.1) is 0 Å². The third-order valence-corrected chi connectivity index (χ3v) is 4.82. The zero-order chi connectivity index (χ0) is 21.9. The molecule has 0 spiro atoms. The molecule has 0 bridgehead atoms. The number of fused-ring (bicyclic) bond motifs is 1. The van der Waals surface area contributed by atoms with Crippen LogP contribution in [0.2, 0.25) is 0 Å². The lowest BCUT2D eigenvalue weighted by Gasteiger charge is -2.31. The highest BCUT2D eigenvalue weighted by Gasteiger charge is 2.38. The van der Waals surface area contributed by atoms with Gasteiger partial charge in [0.05, 0.1) is 11.3 Å². The molecule has 9 nitrogen and oxygen atoms in total. The van der Waals surface area contributed by atoms with E-state index in [1.165, 1.54) is 13.5 Å². The molecular weight excluding hydrogens is 403 g/mol. The largest absolute Gasteiger partial charge is 0.437 e. The molecule has 0 aromatic carbocycles. The van der Waals surface area contributed by atoms with Gasteiger partial charge in [-0.05, 0) is 25.3 Å². The molecule has 0 saturated carbocycles. The monoisotopic (exact) mass is 425 g/mol. The smallest absolute Gasteiger partial charge is 0.357 e. The van der Waals surface area contributed by atoms with Crippen LogP contribution < -0.4 is 10.7 Å². The Balaban J connectivity index is 0.00000124. The van der Waals surface area contributed by atoms with E-state index in [-0.39, 0.29) is 17.8 Å². The van der Waals surface area contributed by atoms with Crippen molar-refractivity contribution in [1.29, 1.82) is 0 Å². The van der Waals surface area contributed by atoms with E-state index in [1.54, 1.807) is 11.2 Å². The second kappa shape index (κ2) is 8.69. The predicted octanol–water partition coefficient (Wildman–Crippen LogP) is 1.64. The predicted molar refractivity (Wildman–Crippen MR) is 103 cm³/mol. The number of amides is 1. The molecule has 30 heavy (non-hydrogen) atoms. The van der Waals surface area contributed by atoms with Gasteiger partial charge in [-0.1, -0.05) is 0 Å². The number of carbonyl (C=O) groups is 2. The van der Waals surface area contributed by atoms with Crippen LogP contribution in [0.4, 0.5) is 18.9 Å². The number of nitrogens with zero attached hydrogens (tertiary/aromatic N) is 5. The molecule has 1 saturated heterocycles. The molecule has 1 fully saturated rings. The Morgan fingerprint density at radius 2 is 1.93 bits per heavy atom. The van der Waals surface area contributed by atoms with Crippen molar-refractivity contribution in [1.82, 2.24) is 25.1 Å². The van der Waals surface area contributed by atoms with Gasteiger partial charge >= 0.3 is 6.18 Å². The maximum absolute atomic E-state index is 13.1. The number of likely N-dealkylation sites (tertiary alicyclic amines) is 1. The lowest BCUT2D eigenvalue weighted by molar-refractivity contribution is -0.140. The summed E-state index contributed by atoms with van der Waals surface area (Å²) >= 11 is 0. The van der Waals surface area contributed by atoms with Gasteiger partial charge in [0, 0.05) is 39.1 Å². The molecule has 0 unspecified atom stereocenters. The minimum Gasteiger partial charge on any atom is -0.357 e. The molecule has 0 radical (unpaired) electrons. The van der Waals surface area contributed by atoms with Crippen molar-refractivity contribution in [2.75, 3.05) is 25.0 Å². The number of halogens is 3. The fourth-order valence-corrected chi connectivity index (χ4v) is 3.46. The molecule has 162 valence electrons. The molecule has 4 heterocycles. The molecule has 0 atom stereocenters. The van der Waals surface area contributed by atoms with E-state index < -0.39 is 17.8 Å². The molecular formula is C18H22F3N7O2. The van der Waals surface area contributed by atoms with Crippen molar-refractivity contribution in [3.05, 3.63) is 35.6 Å². The summed E-state index contributed by atoms with van der Waals surface area (Å²) in [7, 11) is 1.37. The lowest BCUT2D eigenvalue weighted by atomic mass is 10.1. The van der Waals surface area contributed by atoms with Gasteiger partial charge in [0.25, 0.3) is 5.91 Å². The SMILES string of the molecule is C=O.Cn1cc(NC(=O)C2=C3N=C(N4CCCCC4)C=CN3NC2)c(C(F)(F)F)n1. The Hall–Kier alpha value is -3.15. The van der Waals surface area contributed by atoms with Gasteiger partial charge in [0.2, 0.25) is 0 Å². The summed E-state index contributed by atoms with van der Waals surface area (Å²) < 4.78 is 40.4. The van der Waals surface area contributed by atoms with Gasteiger partial charge in [-0.25, -0.2) is 10.4 Å². The average molecular weight is 425 g/mol. The van der Waals surface area contributed by atoms with Gasteiger partial charge in [0.1, 0.15) is 12.6 Å². The van der Waals surface area contributed by atoms with Crippen LogP contribution in [0.5, 0.6) is 0 Å². The number of carbonyl (C=O) groups excluding carboxylic acids is 2. The Labute approximate surface area is 170 Å². The van der Waals surface area contributed by atoms with E-state index >= 15 is 0 Å². The van der Waals surface area contributed by atoms with Crippen LogP contribution in [0, 0.1) is 0 Å². The van der Waals surface area contributed by atoms with E-state index in [0.29, 0.717) is 5.82 Å². The van der Waals surface area contributed by atoms with Crippen molar-refractivity contribution in [3.8, 4) is 0 Å². The first-order valence-electron chi connectivity index (χ1n) is 9.32. The van der Waals surface area contributed by atoms with Gasteiger partial charge in [-0.2, -0.15) is 18.3 Å². The summed E-state index contributed by atoms with van der Waals surface area (Å²) in [6, 6.07) is 0. The van der Waals surface area contributed by atoms with E-state index in [4.69, 9.17) is 4.79 Å².